The van der Waals surface area contributed by atoms with E-state index in [2.05, 4.69) is 5.32 Å². The zero-order valence-corrected chi connectivity index (χ0v) is 10.9. The molecule has 0 fully saturated rings. The highest BCUT2D eigenvalue weighted by Gasteiger charge is 2.14. The van der Waals surface area contributed by atoms with Gasteiger partial charge in [0.2, 0.25) is 5.91 Å². The number of nitrogens with two attached hydrogens (primary N) is 1. The minimum absolute atomic E-state index is 0.177. The van der Waals surface area contributed by atoms with Gasteiger partial charge in [-0.25, -0.2) is 0 Å². The van der Waals surface area contributed by atoms with Gasteiger partial charge in [-0.15, -0.1) is 0 Å². The first-order valence-electron chi connectivity index (χ1n) is 5.37. The van der Waals surface area contributed by atoms with Gasteiger partial charge in [0.15, 0.2) is 0 Å². The lowest BCUT2D eigenvalue weighted by Gasteiger charge is -2.13. The lowest BCUT2D eigenvalue weighted by molar-refractivity contribution is -0.117. The van der Waals surface area contributed by atoms with Gasteiger partial charge in [-0.05, 0) is 30.6 Å². The molecule has 94 valence electrons. The Kier molecular flexibility index (Phi) is 5.86. The van der Waals surface area contributed by atoms with Crippen molar-refractivity contribution in [3.63, 3.8) is 0 Å². The van der Waals surface area contributed by atoms with Crippen LogP contribution in [0.25, 0.3) is 0 Å². The van der Waals surface area contributed by atoms with E-state index in [0.29, 0.717) is 17.9 Å². The third-order valence-corrected chi connectivity index (χ3v) is 2.98. The van der Waals surface area contributed by atoms with Gasteiger partial charge >= 0.3 is 0 Å². The molecule has 3 N–H and O–H groups in total. The fraction of sp³-hybridized carbons (Fsp3) is 0.417. The van der Waals surface area contributed by atoms with Gasteiger partial charge in [0.1, 0.15) is 5.75 Å². The fourth-order valence-electron chi connectivity index (χ4n) is 1.35. The number of carbonyl (C=O) groups excluding carboxylic acids is 1. The van der Waals surface area contributed by atoms with Crippen LogP contribution in [-0.2, 0) is 4.79 Å². The summed E-state index contributed by atoms with van der Waals surface area (Å²) in [5.74, 6) is 1.34. The summed E-state index contributed by atoms with van der Waals surface area (Å²) in [7, 11) is 1.57. The lowest BCUT2D eigenvalue weighted by Crippen LogP contribution is -2.36. The number of thioether (sulfide) groups is 1. The molecule has 17 heavy (non-hydrogen) atoms. The zero-order chi connectivity index (χ0) is 12.7. The molecular weight excluding hydrogens is 236 g/mol. The minimum atomic E-state index is -0.479. The Morgan fingerprint density at radius 1 is 1.53 bits per heavy atom. The highest BCUT2D eigenvalue weighted by molar-refractivity contribution is 7.98. The SMILES string of the molecule is COc1ccccc1NC(=O)[C@H](N)CCSC. The number of carbonyl (C=O) groups is 1. The standard InChI is InChI=1S/C12H18N2O2S/c1-16-11-6-4-3-5-10(11)14-12(15)9(13)7-8-17-2/h3-6,9H,7-8,13H2,1-2H3,(H,14,15)/t9-/m1/s1. The van der Waals surface area contributed by atoms with Crippen molar-refractivity contribution in [3.05, 3.63) is 24.3 Å². The second-order valence-corrected chi connectivity index (χ2v) is 4.56. The number of para-hydroxylation sites is 2. The first-order valence-corrected chi connectivity index (χ1v) is 6.76. The molecule has 0 radical (unpaired) electrons. The van der Waals surface area contributed by atoms with E-state index in [9.17, 15) is 4.79 Å². The third-order valence-electron chi connectivity index (χ3n) is 2.33. The van der Waals surface area contributed by atoms with Crippen LogP contribution in [0.1, 0.15) is 6.42 Å². The van der Waals surface area contributed by atoms with E-state index in [1.54, 1.807) is 31.0 Å². The van der Waals surface area contributed by atoms with Gasteiger partial charge in [-0.1, -0.05) is 12.1 Å². The Bertz CT molecular complexity index is 371. The first kappa shape index (κ1) is 13.9. The van der Waals surface area contributed by atoms with Gasteiger partial charge in [0.05, 0.1) is 18.8 Å². The van der Waals surface area contributed by atoms with Crippen molar-refractivity contribution in [1.29, 1.82) is 0 Å². The van der Waals surface area contributed by atoms with Crippen molar-refractivity contribution >= 4 is 23.4 Å². The number of hydrogen-bond acceptors (Lipinski definition) is 4. The van der Waals surface area contributed by atoms with Gasteiger partial charge in [-0.3, -0.25) is 4.79 Å². The average molecular weight is 254 g/mol. The summed E-state index contributed by atoms with van der Waals surface area (Å²) in [6.45, 7) is 0. The highest BCUT2D eigenvalue weighted by Crippen LogP contribution is 2.23. The van der Waals surface area contributed by atoms with Crippen molar-refractivity contribution in [1.82, 2.24) is 0 Å². The highest BCUT2D eigenvalue weighted by atomic mass is 32.2. The van der Waals surface area contributed by atoms with Gasteiger partial charge in [0.25, 0.3) is 0 Å². The molecule has 1 rings (SSSR count). The number of hydrogen-bond donors (Lipinski definition) is 2. The van der Waals surface area contributed by atoms with Crippen LogP contribution in [0.2, 0.25) is 0 Å². The molecular formula is C12H18N2O2S. The molecule has 0 spiro atoms. The van der Waals surface area contributed by atoms with E-state index in [0.717, 1.165) is 5.75 Å². The molecule has 0 unspecified atom stereocenters. The van der Waals surface area contributed by atoms with Gasteiger partial charge in [-0.2, -0.15) is 11.8 Å². The second-order valence-electron chi connectivity index (χ2n) is 3.58. The number of nitrogens with one attached hydrogen (secondary N) is 1. The zero-order valence-electron chi connectivity index (χ0n) is 10.1. The Morgan fingerprint density at radius 3 is 2.88 bits per heavy atom. The molecule has 5 heteroatoms. The van der Waals surface area contributed by atoms with E-state index in [1.165, 1.54) is 0 Å². The maximum atomic E-state index is 11.8. The molecule has 0 aliphatic carbocycles. The number of rotatable bonds is 6. The van der Waals surface area contributed by atoms with E-state index < -0.39 is 6.04 Å². The van der Waals surface area contributed by atoms with E-state index in [-0.39, 0.29) is 5.91 Å². The van der Waals surface area contributed by atoms with Crippen LogP contribution in [0.15, 0.2) is 24.3 Å². The van der Waals surface area contributed by atoms with E-state index in [4.69, 9.17) is 10.5 Å². The molecule has 1 atom stereocenters. The largest absolute Gasteiger partial charge is 0.495 e. The topological polar surface area (TPSA) is 64.3 Å². The second kappa shape index (κ2) is 7.19. The van der Waals surface area contributed by atoms with Crippen molar-refractivity contribution in [2.24, 2.45) is 5.73 Å². The number of amides is 1. The summed E-state index contributed by atoms with van der Waals surface area (Å²) in [5.41, 5.74) is 6.43. The van der Waals surface area contributed by atoms with Crippen LogP contribution in [0.3, 0.4) is 0 Å². The normalized spacial score (nSPS) is 11.9. The predicted molar refractivity (Wildman–Crippen MR) is 72.6 cm³/mol. The molecule has 1 aromatic carbocycles. The number of anilines is 1. The van der Waals surface area contributed by atoms with Crippen LogP contribution in [-0.4, -0.2) is 31.1 Å². The van der Waals surface area contributed by atoms with Gasteiger partial charge < -0.3 is 15.8 Å². The van der Waals surface area contributed by atoms with Gasteiger partial charge in [0, 0.05) is 0 Å². The van der Waals surface area contributed by atoms with Crippen molar-refractivity contribution in [2.45, 2.75) is 12.5 Å². The Hall–Kier alpha value is -1.20. The molecule has 0 heterocycles. The summed E-state index contributed by atoms with van der Waals surface area (Å²) < 4.78 is 5.15. The third kappa shape index (κ3) is 4.28. The smallest absolute Gasteiger partial charge is 0.241 e. The maximum absolute atomic E-state index is 11.8. The van der Waals surface area contributed by atoms with Crippen molar-refractivity contribution < 1.29 is 9.53 Å². The monoisotopic (exact) mass is 254 g/mol. The molecule has 1 amide bonds. The summed E-state index contributed by atoms with van der Waals surface area (Å²) in [6.07, 6.45) is 2.66. The number of methoxy groups -OCH3 is 1. The van der Waals surface area contributed by atoms with Crippen LogP contribution < -0.4 is 15.8 Å². The van der Waals surface area contributed by atoms with Crippen LogP contribution in [0.5, 0.6) is 5.75 Å². The van der Waals surface area contributed by atoms with Crippen LogP contribution in [0.4, 0.5) is 5.69 Å². The maximum Gasteiger partial charge on any atom is 0.241 e. The molecule has 0 saturated carbocycles. The number of benzene rings is 1. The summed E-state index contributed by atoms with van der Waals surface area (Å²) in [6, 6.07) is 6.79. The Labute approximate surface area is 106 Å². The molecule has 0 saturated heterocycles. The molecule has 0 bridgehead atoms. The molecule has 0 aromatic heterocycles. The minimum Gasteiger partial charge on any atom is -0.495 e. The van der Waals surface area contributed by atoms with Crippen LogP contribution in [0, 0.1) is 0 Å². The van der Waals surface area contributed by atoms with Crippen molar-refractivity contribution in [2.75, 3.05) is 24.4 Å². The number of ether oxygens (including phenoxy) is 1. The fourth-order valence-corrected chi connectivity index (χ4v) is 1.84. The summed E-state index contributed by atoms with van der Waals surface area (Å²) in [5, 5.41) is 2.77. The Morgan fingerprint density at radius 2 is 2.24 bits per heavy atom. The lowest BCUT2D eigenvalue weighted by atomic mass is 10.2. The Balaban J connectivity index is 2.61. The van der Waals surface area contributed by atoms with E-state index in [1.807, 2.05) is 18.4 Å². The predicted octanol–water partition coefficient (Wildman–Crippen LogP) is 1.71. The summed E-state index contributed by atoms with van der Waals surface area (Å²) >= 11 is 1.68. The molecule has 1 aromatic rings. The van der Waals surface area contributed by atoms with E-state index >= 15 is 0 Å². The molecule has 0 aliphatic heterocycles. The average Bonchev–Trinajstić information content (AvgIpc) is 2.36. The quantitative estimate of drug-likeness (QED) is 0.811. The van der Waals surface area contributed by atoms with Crippen molar-refractivity contribution in [3.8, 4) is 5.75 Å². The first-order chi connectivity index (χ1) is 8.19. The summed E-state index contributed by atoms with van der Waals surface area (Å²) in [4.78, 5) is 11.8. The molecule has 0 aliphatic rings. The molecule has 4 nitrogen and oxygen atoms in total. The van der Waals surface area contributed by atoms with Crippen LogP contribution >= 0.6 is 11.8 Å².